The second-order valence-corrected chi connectivity index (χ2v) is 5.21. The maximum atomic E-state index is 11.2. The molecule has 1 aliphatic heterocycles. The summed E-state index contributed by atoms with van der Waals surface area (Å²) in [7, 11) is 4.08. The molecule has 2 atom stereocenters. The smallest absolute Gasteiger partial charge is 0.320 e. The largest absolute Gasteiger partial charge is 0.480 e. The molecule has 1 heterocycles. The first-order valence-electron chi connectivity index (χ1n) is 6.69. The fourth-order valence-corrected chi connectivity index (χ4v) is 2.60. The van der Waals surface area contributed by atoms with Crippen molar-refractivity contribution in [3.05, 3.63) is 0 Å². The molecule has 2 unspecified atom stereocenters. The molecule has 1 rings (SSSR count). The second-order valence-electron chi connectivity index (χ2n) is 5.21. The number of aliphatic carboxylic acids is 1. The Bertz CT molecular complexity index is 246. The summed E-state index contributed by atoms with van der Waals surface area (Å²) in [4.78, 5) is 15.6. The summed E-state index contributed by atoms with van der Waals surface area (Å²) in [6, 6.07) is 0.215. The molecule has 0 aromatic rings. The molecular weight excluding hydrogens is 216 g/mol. The van der Waals surface area contributed by atoms with Crippen molar-refractivity contribution in [1.82, 2.24) is 9.80 Å². The minimum atomic E-state index is -0.679. The van der Waals surface area contributed by atoms with Crippen molar-refractivity contribution >= 4 is 5.97 Å². The van der Waals surface area contributed by atoms with Gasteiger partial charge in [-0.1, -0.05) is 19.8 Å². The Hall–Kier alpha value is -0.610. The number of carbonyl (C=O) groups is 1. The summed E-state index contributed by atoms with van der Waals surface area (Å²) in [5, 5.41) is 9.25. The maximum absolute atomic E-state index is 11.2. The van der Waals surface area contributed by atoms with Crippen molar-refractivity contribution in [3.8, 4) is 0 Å². The highest BCUT2D eigenvalue weighted by Crippen LogP contribution is 2.17. The number of likely N-dealkylation sites (tertiary alicyclic amines) is 1. The van der Waals surface area contributed by atoms with Crippen LogP contribution in [-0.4, -0.2) is 60.1 Å². The van der Waals surface area contributed by atoms with E-state index in [9.17, 15) is 9.90 Å². The summed E-state index contributed by atoms with van der Waals surface area (Å²) in [6.45, 7) is 4.12. The third-order valence-electron chi connectivity index (χ3n) is 3.82. The van der Waals surface area contributed by atoms with E-state index in [4.69, 9.17) is 0 Å². The van der Waals surface area contributed by atoms with Crippen molar-refractivity contribution in [2.75, 3.05) is 27.2 Å². The lowest BCUT2D eigenvalue weighted by atomic mass is 10.1. The first-order chi connectivity index (χ1) is 8.06. The number of carboxylic acids is 1. The van der Waals surface area contributed by atoms with Crippen LogP contribution in [0.4, 0.5) is 0 Å². The Morgan fingerprint density at radius 1 is 1.59 bits per heavy atom. The highest BCUT2D eigenvalue weighted by molar-refractivity contribution is 5.73. The molecular formula is C13H26N2O2. The van der Waals surface area contributed by atoms with Gasteiger partial charge in [-0.25, -0.2) is 0 Å². The third-order valence-corrected chi connectivity index (χ3v) is 3.82. The average Bonchev–Trinajstić information content (AvgIpc) is 2.64. The van der Waals surface area contributed by atoms with Crippen LogP contribution >= 0.6 is 0 Å². The molecule has 0 radical (unpaired) electrons. The third kappa shape index (κ3) is 4.28. The summed E-state index contributed by atoms with van der Waals surface area (Å²) in [5.74, 6) is -0.679. The van der Waals surface area contributed by atoms with Gasteiger partial charge in [-0.05, 0) is 39.9 Å². The quantitative estimate of drug-likeness (QED) is 0.737. The Balaban J connectivity index is 2.46. The summed E-state index contributed by atoms with van der Waals surface area (Å²) >= 11 is 0. The van der Waals surface area contributed by atoms with Crippen molar-refractivity contribution < 1.29 is 9.90 Å². The summed E-state index contributed by atoms with van der Waals surface area (Å²) < 4.78 is 0. The monoisotopic (exact) mass is 242 g/mol. The lowest BCUT2D eigenvalue weighted by molar-refractivity contribution is -0.143. The van der Waals surface area contributed by atoms with Crippen LogP contribution < -0.4 is 0 Å². The van der Waals surface area contributed by atoms with Crippen LogP contribution in [0.3, 0.4) is 0 Å². The number of hydrogen-bond acceptors (Lipinski definition) is 3. The molecule has 0 saturated carbocycles. The highest BCUT2D eigenvalue weighted by Gasteiger charge is 2.27. The van der Waals surface area contributed by atoms with E-state index in [1.54, 1.807) is 0 Å². The zero-order valence-corrected chi connectivity index (χ0v) is 11.4. The fraction of sp³-hybridized carbons (Fsp3) is 0.923. The molecule has 1 saturated heterocycles. The van der Waals surface area contributed by atoms with Crippen LogP contribution in [0, 0.1) is 0 Å². The van der Waals surface area contributed by atoms with Gasteiger partial charge in [0.2, 0.25) is 0 Å². The fourth-order valence-electron chi connectivity index (χ4n) is 2.60. The Morgan fingerprint density at radius 3 is 2.76 bits per heavy atom. The number of hydrogen-bond donors (Lipinski definition) is 1. The molecule has 0 aromatic heterocycles. The lowest BCUT2D eigenvalue weighted by Crippen LogP contribution is -2.45. The van der Waals surface area contributed by atoms with E-state index in [1.165, 1.54) is 12.8 Å². The van der Waals surface area contributed by atoms with Gasteiger partial charge in [0.05, 0.1) is 0 Å². The van der Waals surface area contributed by atoms with Crippen molar-refractivity contribution in [1.29, 1.82) is 0 Å². The molecule has 0 aliphatic carbocycles. The molecule has 4 nitrogen and oxygen atoms in total. The average molecular weight is 242 g/mol. The first-order valence-corrected chi connectivity index (χ1v) is 6.69. The molecule has 17 heavy (non-hydrogen) atoms. The minimum Gasteiger partial charge on any atom is -0.480 e. The van der Waals surface area contributed by atoms with Crippen molar-refractivity contribution in [3.63, 3.8) is 0 Å². The van der Waals surface area contributed by atoms with Crippen LogP contribution in [-0.2, 0) is 4.79 Å². The van der Waals surface area contributed by atoms with Gasteiger partial charge in [0.15, 0.2) is 0 Å². The molecule has 0 spiro atoms. The number of likely N-dealkylation sites (N-methyl/N-ethyl adjacent to an activating group) is 2. The van der Waals surface area contributed by atoms with E-state index in [-0.39, 0.29) is 6.04 Å². The van der Waals surface area contributed by atoms with Crippen LogP contribution in [0.5, 0.6) is 0 Å². The Morgan fingerprint density at radius 2 is 2.29 bits per heavy atom. The Labute approximate surface area is 105 Å². The van der Waals surface area contributed by atoms with Gasteiger partial charge in [-0.2, -0.15) is 0 Å². The normalized spacial score (nSPS) is 23.2. The molecule has 100 valence electrons. The van der Waals surface area contributed by atoms with Crippen molar-refractivity contribution in [2.24, 2.45) is 0 Å². The zero-order valence-electron chi connectivity index (χ0n) is 11.4. The van der Waals surface area contributed by atoms with Gasteiger partial charge >= 0.3 is 5.97 Å². The van der Waals surface area contributed by atoms with Crippen LogP contribution in [0.15, 0.2) is 0 Å². The van der Waals surface area contributed by atoms with Gasteiger partial charge in [-0.3, -0.25) is 9.69 Å². The number of unbranched alkanes of at least 4 members (excludes halogenated alkanes) is 1. The van der Waals surface area contributed by atoms with Gasteiger partial charge in [0.1, 0.15) is 6.04 Å². The zero-order chi connectivity index (χ0) is 12.8. The van der Waals surface area contributed by atoms with Gasteiger partial charge < -0.3 is 10.0 Å². The standard InChI is InChI=1S/C13H26N2O2/c1-4-5-8-12(13(16)17)15(3)10-11-7-6-9-14(11)2/h11-12H,4-10H2,1-3H3,(H,16,17). The summed E-state index contributed by atoms with van der Waals surface area (Å²) in [5.41, 5.74) is 0. The maximum Gasteiger partial charge on any atom is 0.320 e. The number of nitrogens with zero attached hydrogens (tertiary/aromatic N) is 2. The molecule has 1 fully saturated rings. The molecule has 0 bridgehead atoms. The van der Waals surface area contributed by atoms with E-state index in [0.29, 0.717) is 6.04 Å². The molecule has 1 N–H and O–H groups in total. The van der Waals surface area contributed by atoms with E-state index in [0.717, 1.165) is 32.4 Å². The topological polar surface area (TPSA) is 43.8 Å². The SMILES string of the molecule is CCCCC(C(=O)O)N(C)CC1CCCN1C. The number of rotatable bonds is 7. The highest BCUT2D eigenvalue weighted by atomic mass is 16.4. The molecule has 4 heteroatoms. The van der Waals surface area contributed by atoms with Crippen molar-refractivity contribution in [2.45, 2.75) is 51.1 Å². The van der Waals surface area contributed by atoms with E-state index in [1.807, 2.05) is 11.9 Å². The van der Waals surface area contributed by atoms with E-state index >= 15 is 0 Å². The molecule has 0 amide bonds. The Kier molecular flexibility index (Phi) is 5.92. The van der Waals surface area contributed by atoms with Crippen LogP contribution in [0.2, 0.25) is 0 Å². The molecule has 1 aliphatic rings. The van der Waals surface area contributed by atoms with E-state index in [2.05, 4.69) is 18.9 Å². The summed E-state index contributed by atoms with van der Waals surface area (Å²) in [6.07, 6.45) is 5.24. The van der Waals surface area contributed by atoms with Gasteiger partial charge in [0, 0.05) is 12.6 Å². The predicted molar refractivity (Wildman–Crippen MR) is 69.2 cm³/mol. The lowest BCUT2D eigenvalue weighted by Gasteiger charge is -2.30. The van der Waals surface area contributed by atoms with Crippen LogP contribution in [0.25, 0.3) is 0 Å². The minimum absolute atomic E-state index is 0.316. The predicted octanol–water partition coefficient (Wildman–Crippen LogP) is 1.66. The van der Waals surface area contributed by atoms with E-state index < -0.39 is 5.97 Å². The van der Waals surface area contributed by atoms with Crippen LogP contribution in [0.1, 0.15) is 39.0 Å². The van der Waals surface area contributed by atoms with Gasteiger partial charge in [0.25, 0.3) is 0 Å². The number of carboxylic acid groups (broad SMARTS) is 1. The van der Waals surface area contributed by atoms with Gasteiger partial charge in [-0.15, -0.1) is 0 Å². The molecule has 0 aromatic carbocycles. The second kappa shape index (κ2) is 6.97. The first kappa shape index (κ1) is 14.5.